The summed E-state index contributed by atoms with van der Waals surface area (Å²) < 4.78 is 7.57. The van der Waals surface area contributed by atoms with Gasteiger partial charge in [0.15, 0.2) is 5.82 Å². The number of nitrogens with zero attached hydrogens (tertiary/aromatic N) is 2. The molecule has 1 amide bonds. The van der Waals surface area contributed by atoms with Crippen molar-refractivity contribution < 1.29 is 9.53 Å². The monoisotopic (exact) mass is 431 g/mol. The fourth-order valence-electron chi connectivity index (χ4n) is 3.23. The van der Waals surface area contributed by atoms with Gasteiger partial charge in [0.2, 0.25) is 0 Å². The summed E-state index contributed by atoms with van der Waals surface area (Å²) >= 11 is 6.13. The van der Waals surface area contributed by atoms with Crippen LogP contribution in [0.25, 0.3) is 0 Å². The maximum atomic E-state index is 12.7. The number of carbonyl (C=O) groups excluding carboxylic acids is 1. The summed E-state index contributed by atoms with van der Waals surface area (Å²) in [5.74, 6) is 0.897. The molecule has 1 heterocycles. The first-order chi connectivity index (χ1) is 15.1. The van der Waals surface area contributed by atoms with Crippen molar-refractivity contribution in [2.24, 2.45) is 0 Å². The van der Waals surface area contributed by atoms with Gasteiger partial charge in [-0.2, -0.15) is 5.10 Å². The Balaban J connectivity index is 1.38. The molecule has 0 atom stereocenters. The maximum Gasteiger partial charge on any atom is 0.256 e. The number of para-hydroxylation sites is 1. The summed E-state index contributed by atoms with van der Waals surface area (Å²) in [4.78, 5) is 12.7. The van der Waals surface area contributed by atoms with Crippen LogP contribution in [-0.4, -0.2) is 15.7 Å². The number of hydrogen-bond donors (Lipinski definition) is 1. The van der Waals surface area contributed by atoms with Gasteiger partial charge in [-0.25, -0.2) is 0 Å². The fourth-order valence-corrected chi connectivity index (χ4v) is 3.42. The standard InChI is InChI=1S/C25H22ClN3O2/c1-18-6-4-7-19(14-18)16-29-13-12-24(28-29)27-25(30)21-9-5-8-20(15-21)17-31-23-11-3-2-10-22(23)26/h2-15H,16-17H2,1H3,(H,27,28,30). The molecule has 1 aromatic heterocycles. The number of rotatable bonds is 7. The third-order valence-corrected chi connectivity index (χ3v) is 5.04. The zero-order valence-corrected chi connectivity index (χ0v) is 17.8. The zero-order valence-electron chi connectivity index (χ0n) is 17.1. The Kier molecular flexibility index (Phi) is 6.34. The topological polar surface area (TPSA) is 56.2 Å². The van der Waals surface area contributed by atoms with E-state index >= 15 is 0 Å². The molecule has 0 saturated heterocycles. The first-order valence-corrected chi connectivity index (χ1v) is 10.3. The summed E-state index contributed by atoms with van der Waals surface area (Å²) in [6, 6.07) is 24.7. The lowest BCUT2D eigenvalue weighted by atomic mass is 10.1. The van der Waals surface area contributed by atoms with E-state index in [1.54, 1.807) is 28.9 Å². The number of aryl methyl sites for hydroxylation is 1. The van der Waals surface area contributed by atoms with Crippen molar-refractivity contribution >= 4 is 23.3 Å². The average Bonchev–Trinajstić information content (AvgIpc) is 3.20. The quantitative estimate of drug-likeness (QED) is 0.407. The first-order valence-electron chi connectivity index (χ1n) is 9.93. The number of benzene rings is 3. The van der Waals surface area contributed by atoms with Crippen molar-refractivity contribution in [3.05, 3.63) is 112 Å². The molecule has 0 saturated carbocycles. The number of aromatic nitrogens is 2. The van der Waals surface area contributed by atoms with Crippen LogP contribution in [0.5, 0.6) is 5.75 Å². The van der Waals surface area contributed by atoms with E-state index in [2.05, 4.69) is 35.5 Å². The van der Waals surface area contributed by atoms with Crippen LogP contribution in [0.4, 0.5) is 5.82 Å². The van der Waals surface area contributed by atoms with Crippen molar-refractivity contribution in [1.82, 2.24) is 9.78 Å². The molecule has 0 aliphatic carbocycles. The van der Waals surface area contributed by atoms with Gasteiger partial charge in [-0.05, 0) is 42.3 Å². The fraction of sp³-hybridized carbons (Fsp3) is 0.120. The maximum absolute atomic E-state index is 12.7. The van der Waals surface area contributed by atoms with Crippen LogP contribution in [0, 0.1) is 6.92 Å². The number of carbonyl (C=O) groups is 1. The molecule has 0 bridgehead atoms. The molecule has 0 aliphatic rings. The summed E-state index contributed by atoms with van der Waals surface area (Å²) in [5, 5.41) is 7.86. The normalized spacial score (nSPS) is 10.6. The molecule has 0 radical (unpaired) electrons. The molecule has 4 rings (SSSR count). The van der Waals surface area contributed by atoms with Gasteiger partial charge < -0.3 is 10.1 Å². The van der Waals surface area contributed by atoms with Gasteiger partial charge >= 0.3 is 0 Å². The summed E-state index contributed by atoms with van der Waals surface area (Å²) in [7, 11) is 0. The molecular formula is C25H22ClN3O2. The Morgan fingerprint density at radius 1 is 1.00 bits per heavy atom. The van der Waals surface area contributed by atoms with Crippen LogP contribution >= 0.6 is 11.6 Å². The predicted octanol–water partition coefficient (Wildman–Crippen LogP) is 5.72. The van der Waals surface area contributed by atoms with Gasteiger partial charge in [-0.1, -0.05) is 65.7 Å². The minimum absolute atomic E-state index is 0.222. The molecular weight excluding hydrogens is 410 g/mol. The van der Waals surface area contributed by atoms with Gasteiger partial charge in [0, 0.05) is 17.8 Å². The van der Waals surface area contributed by atoms with E-state index < -0.39 is 0 Å². The molecule has 0 spiro atoms. The summed E-state index contributed by atoms with van der Waals surface area (Å²) in [5.41, 5.74) is 3.77. The second-order valence-corrected chi connectivity index (χ2v) is 7.67. The summed E-state index contributed by atoms with van der Waals surface area (Å²) in [6.07, 6.45) is 1.85. The SMILES string of the molecule is Cc1cccc(Cn2ccc(NC(=O)c3cccc(COc4ccccc4Cl)c3)n2)c1. The van der Waals surface area contributed by atoms with E-state index in [1.807, 2.05) is 42.6 Å². The zero-order chi connectivity index (χ0) is 21.6. The van der Waals surface area contributed by atoms with Crippen molar-refractivity contribution in [2.75, 3.05) is 5.32 Å². The van der Waals surface area contributed by atoms with E-state index in [0.29, 0.717) is 35.3 Å². The Hall–Kier alpha value is -3.57. The number of ether oxygens (including phenoxy) is 1. The molecule has 6 heteroatoms. The number of hydrogen-bond acceptors (Lipinski definition) is 3. The largest absolute Gasteiger partial charge is 0.487 e. The van der Waals surface area contributed by atoms with Gasteiger partial charge in [0.1, 0.15) is 12.4 Å². The van der Waals surface area contributed by atoms with E-state index in [-0.39, 0.29) is 5.91 Å². The minimum atomic E-state index is -0.222. The van der Waals surface area contributed by atoms with Crippen molar-refractivity contribution in [3.63, 3.8) is 0 Å². The highest BCUT2D eigenvalue weighted by atomic mass is 35.5. The third-order valence-electron chi connectivity index (χ3n) is 4.73. The van der Waals surface area contributed by atoms with Crippen LogP contribution in [0.2, 0.25) is 5.02 Å². The predicted molar refractivity (Wildman–Crippen MR) is 123 cm³/mol. The highest BCUT2D eigenvalue weighted by Crippen LogP contribution is 2.24. The van der Waals surface area contributed by atoms with E-state index in [9.17, 15) is 4.79 Å². The molecule has 31 heavy (non-hydrogen) atoms. The Labute approximate surface area is 186 Å². The lowest BCUT2D eigenvalue weighted by Gasteiger charge is -2.09. The first kappa shape index (κ1) is 20.7. The smallest absolute Gasteiger partial charge is 0.256 e. The van der Waals surface area contributed by atoms with Gasteiger partial charge in [-0.15, -0.1) is 0 Å². The summed E-state index contributed by atoms with van der Waals surface area (Å²) in [6.45, 7) is 3.02. The molecule has 0 fully saturated rings. The van der Waals surface area contributed by atoms with E-state index in [4.69, 9.17) is 16.3 Å². The van der Waals surface area contributed by atoms with Crippen LogP contribution in [0.3, 0.4) is 0 Å². The Morgan fingerprint density at radius 2 is 1.81 bits per heavy atom. The molecule has 0 aliphatic heterocycles. The van der Waals surface area contributed by atoms with Crippen LogP contribution < -0.4 is 10.1 Å². The Bertz CT molecular complexity index is 1200. The minimum Gasteiger partial charge on any atom is -0.487 e. The lowest BCUT2D eigenvalue weighted by molar-refractivity contribution is 0.102. The van der Waals surface area contributed by atoms with Crippen LogP contribution in [0.1, 0.15) is 27.0 Å². The van der Waals surface area contributed by atoms with Crippen molar-refractivity contribution in [3.8, 4) is 5.75 Å². The molecule has 156 valence electrons. The highest BCUT2D eigenvalue weighted by molar-refractivity contribution is 6.32. The van der Waals surface area contributed by atoms with Crippen LogP contribution in [-0.2, 0) is 13.2 Å². The van der Waals surface area contributed by atoms with E-state index in [0.717, 1.165) is 11.1 Å². The average molecular weight is 432 g/mol. The van der Waals surface area contributed by atoms with Crippen molar-refractivity contribution in [2.45, 2.75) is 20.1 Å². The molecule has 4 aromatic rings. The number of halogens is 1. The Morgan fingerprint density at radius 3 is 2.65 bits per heavy atom. The van der Waals surface area contributed by atoms with Gasteiger partial charge in [0.05, 0.1) is 11.6 Å². The molecule has 1 N–H and O–H groups in total. The number of nitrogens with one attached hydrogen (secondary N) is 1. The highest BCUT2D eigenvalue weighted by Gasteiger charge is 2.10. The van der Waals surface area contributed by atoms with Crippen molar-refractivity contribution in [1.29, 1.82) is 0 Å². The van der Waals surface area contributed by atoms with E-state index in [1.165, 1.54) is 5.56 Å². The molecule has 3 aromatic carbocycles. The third kappa shape index (κ3) is 5.53. The second kappa shape index (κ2) is 9.49. The van der Waals surface area contributed by atoms with Crippen LogP contribution in [0.15, 0.2) is 85.1 Å². The lowest BCUT2D eigenvalue weighted by Crippen LogP contribution is -2.13. The van der Waals surface area contributed by atoms with Gasteiger partial charge in [-0.3, -0.25) is 9.48 Å². The molecule has 0 unspecified atom stereocenters. The number of anilines is 1. The van der Waals surface area contributed by atoms with Gasteiger partial charge in [0.25, 0.3) is 5.91 Å². The molecule has 5 nitrogen and oxygen atoms in total. The number of amides is 1. The second-order valence-electron chi connectivity index (χ2n) is 7.26.